The Morgan fingerprint density at radius 2 is 2.05 bits per heavy atom. The lowest BCUT2D eigenvalue weighted by atomic mass is 9.95. The number of hydrogen-bond acceptors (Lipinski definition) is 3. The summed E-state index contributed by atoms with van der Waals surface area (Å²) in [7, 11) is 0. The van der Waals surface area contributed by atoms with Gasteiger partial charge in [0.1, 0.15) is 11.4 Å². The van der Waals surface area contributed by atoms with E-state index in [2.05, 4.69) is 0 Å². The van der Waals surface area contributed by atoms with Gasteiger partial charge in [0.25, 0.3) is 0 Å². The zero-order valence-corrected chi connectivity index (χ0v) is 12.7. The molecule has 0 aliphatic heterocycles. The zero-order valence-electron chi connectivity index (χ0n) is 11.9. The van der Waals surface area contributed by atoms with Crippen LogP contribution in [0.4, 0.5) is 10.1 Å². The zero-order chi connectivity index (χ0) is 15.1. The van der Waals surface area contributed by atoms with E-state index >= 15 is 0 Å². The molecule has 1 aromatic rings. The van der Waals surface area contributed by atoms with Gasteiger partial charge in [0.15, 0.2) is 0 Å². The van der Waals surface area contributed by atoms with E-state index in [-0.39, 0.29) is 11.7 Å². The third-order valence-electron chi connectivity index (χ3n) is 3.38. The molecule has 0 heterocycles. The fourth-order valence-corrected chi connectivity index (χ4v) is 2.32. The smallest absolute Gasteiger partial charge is 0.312 e. The normalized spacial score (nSPS) is 16.9. The minimum absolute atomic E-state index is 0.0457. The standard InChI is InChI=1S/C15H19ClFNO2/c1-14(2,3)20-13(19)15(4-5-15)8-9-6-12(18)11(17)7-10(9)16/h6-7H,4-5,8,18H2,1-3H3. The summed E-state index contributed by atoms with van der Waals surface area (Å²) in [6.45, 7) is 5.51. The summed E-state index contributed by atoms with van der Waals surface area (Å²) in [4.78, 5) is 12.2. The highest BCUT2D eigenvalue weighted by molar-refractivity contribution is 6.31. The third kappa shape index (κ3) is 3.23. The second-order valence-electron chi connectivity index (χ2n) is 6.42. The molecule has 3 nitrogen and oxygen atoms in total. The van der Waals surface area contributed by atoms with Crippen LogP contribution in [0, 0.1) is 11.2 Å². The lowest BCUT2D eigenvalue weighted by Crippen LogP contribution is -2.30. The van der Waals surface area contributed by atoms with Crippen LogP contribution in [0.5, 0.6) is 0 Å². The van der Waals surface area contributed by atoms with Crippen LogP contribution >= 0.6 is 11.6 Å². The molecule has 2 N–H and O–H groups in total. The molecule has 1 aliphatic carbocycles. The van der Waals surface area contributed by atoms with Crippen molar-refractivity contribution in [2.24, 2.45) is 5.41 Å². The summed E-state index contributed by atoms with van der Waals surface area (Å²) in [6.07, 6.45) is 1.95. The SMILES string of the molecule is CC(C)(C)OC(=O)C1(Cc2cc(N)c(F)cc2Cl)CC1. The Kier molecular flexibility index (Phi) is 3.71. The number of benzene rings is 1. The van der Waals surface area contributed by atoms with E-state index in [1.807, 2.05) is 20.8 Å². The number of ether oxygens (including phenoxy) is 1. The number of rotatable bonds is 3. The molecule has 1 saturated carbocycles. The summed E-state index contributed by atoms with van der Waals surface area (Å²) >= 11 is 6.03. The van der Waals surface area contributed by atoms with Gasteiger partial charge in [-0.15, -0.1) is 0 Å². The molecule has 110 valence electrons. The monoisotopic (exact) mass is 299 g/mol. The molecule has 0 radical (unpaired) electrons. The topological polar surface area (TPSA) is 52.3 Å². The van der Waals surface area contributed by atoms with Crippen LogP contribution in [0.2, 0.25) is 5.02 Å². The number of hydrogen-bond donors (Lipinski definition) is 1. The van der Waals surface area contributed by atoms with E-state index in [0.29, 0.717) is 17.0 Å². The van der Waals surface area contributed by atoms with Crippen molar-refractivity contribution in [3.8, 4) is 0 Å². The molecule has 0 bridgehead atoms. The maximum absolute atomic E-state index is 13.3. The minimum Gasteiger partial charge on any atom is -0.460 e. The van der Waals surface area contributed by atoms with E-state index in [9.17, 15) is 9.18 Å². The highest BCUT2D eigenvalue weighted by atomic mass is 35.5. The maximum atomic E-state index is 13.3. The van der Waals surface area contributed by atoms with E-state index in [1.165, 1.54) is 12.1 Å². The highest BCUT2D eigenvalue weighted by Crippen LogP contribution is 2.51. The third-order valence-corrected chi connectivity index (χ3v) is 3.73. The van der Waals surface area contributed by atoms with Crippen LogP contribution in [0.25, 0.3) is 0 Å². The van der Waals surface area contributed by atoms with E-state index in [1.54, 1.807) is 0 Å². The maximum Gasteiger partial charge on any atom is 0.312 e. The molecule has 5 heteroatoms. The molecule has 0 aromatic heterocycles. The predicted molar refractivity (Wildman–Crippen MR) is 77.0 cm³/mol. The number of esters is 1. The number of anilines is 1. The second-order valence-corrected chi connectivity index (χ2v) is 6.83. The number of carbonyl (C=O) groups excluding carboxylic acids is 1. The van der Waals surface area contributed by atoms with Crippen molar-refractivity contribution < 1.29 is 13.9 Å². The van der Waals surface area contributed by atoms with Crippen LogP contribution in [0.1, 0.15) is 39.2 Å². The van der Waals surface area contributed by atoms with Crippen molar-refractivity contribution in [2.45, 2.75) is 45.6 Å². The number of carbonyl (C=O) groups is 1. The first-order valence-electron chi connectivity index (χ1n) is 6.60. The summed E-state index contributed by atoms with van der Waals surface area (Å²) in [5.41, 5.74) is 5.25. The summed E-state index contributed by atoms with van der Waals surface area (Å²) in [5.74, 6) is -0.759. The van der Waals surface area contributed by atoms with Crippen LogP contribution in [-0.2, 0) is 16.0 Å². The molecular weight excluding hydrogens is 281 g/mol. The molecule has 0 unspecified atom stereocenters. The Bertz CT molecular complexity index is 548. The molecular formula is C15H19ClFNO2. The summed E-state index contributed by atoms with van der Waals surface area (Å²) < 4.78 is 18.7. The van der Waals surface area contributed by atoms with Gasteiger partial charge in [0.05, 0.1) is 11.1 Å². The van der Waals surface area contributed by atoms with Gasteiger partial charge in [0.2, 0.25) is 0 Å². The molecule has 0 atom stereocenters. The van der Waals surface area contributed by atoms with Gasteiger partial charge in [0, 0.05) is 5.02 Å². The van der Waals surface area contributed by atoms with Crippen molar-refractivity contribution in [1.29, 1.82) is 0 Å². The minimum atomic E-state index is -0.541. The van der Waals surface area contributed by atoms with Crippen LogP contribution < -0.4 is 5.73 Å². The lowest BCUT2D eigenvalue weighted by molar-refractivity contribution is -0.161. The molecule has 20 heavy (non-hydrogen) atoms. The Labute approximate surface area is 123 Å². The van der Waals surface area contributed by atoms with Gasteiger partial charge < -0.3 is 10.5 Å². The Hall–Kier alpha value is -1.29. The van der Waals surface area contributed by atoms with Gasteiger partial charge in [-0.05, 0) is 57.7 Å². The van der Waals surface area contributed by atoms with Gasteiger partial charge >= 0.3 is 5.97 Å². The van der Waals surface area contributed by atoms with Crippen LogP contribution in [0.3, 0.4) is 0 Å². The van der Waals surface area contributed by atoms with Crippen molar-refractivity contribution in [1.82, 2.24) is 0 Å². The fraction of sp³-hybridized carbons (Fsp3) is 0.533. The fourth-order valence-electron chi connectivity index (χ4n) is 2.10. The van der Waals surface area contributed by atoms with Crippen molar-refractivity contribution in [3.05, 3.63) is 28.5 Å². The number of nitrogens with two attached hydrogens (primary N) is 1. The predicted octanol–water partition coefficient (Wildman–Crippen LogP) is 3.73. The molecule has 2 rings (SSSR count). The Morgan fingerprint density at radius 3 is 2.55 bits per heavy atom. The average Bonchev–Trinajstić information content (AvgIpc) is 3.05. The van der Waals surface area contributed by atoms with Gasteiger partial charge in [-0.2, -0.15) is 0 Å². The van der Waals surface area contributed by atoms with Crippen molar-refractivity contribution in [3.63, 3.8) is 0 Å². The molecule has 0 saturated heterocycles. The van der Waals surface area contributed by atoms with Crippen LogP contribution in [0.15, 0.2) is 12.1 Å². The van der Waals surface area contributed by atoms with E-state index in [4.69, 9.17) is 22.1 Å². The Balaban J connectivity index is 2.17. The number of nitrogen functional groups attached to an aromatic ring is 1. The molecule has 1 aliphatic rings. The average molecular weight is 300 g/mol. The quantitative estimate of drug-likeness (QED) is 0.683. The van der Waals surface area contributed by atoms with Gasteiger partial charge in [-0.3, -0.25) is 4.79 Å². The largest absolute Gasteiger partial charge is 0.460 e. The van der Waals surface area contributed by atoms with Gasteiger partial charge in [-0.25, -0.2) is 4.39 Å². The molecule has 1 fully saturated rings. The summed E-state index contributed by atoms with van der Waals surface area (Å²) in [6, 6.07) is 2.69. The lowest BCUT2D eigenvalue weighted by Gasteiger charge is -2.24. The van der Waals surface area contributed by atoms with E-state index < -0.39 is 16.8 Å². The van der Waals surface area contributed by atoms with Crippen molar-refractivity contribution in [2.75, 3.05) is 5.73 Å². The number of halogens is 2. The first kappa shape index (κ1) is 15.1. The first-order chi connectivity index (χ1) is 9.13. The summed E-state index contributed by atoms with van der Waals surface area (Å²) in [5, 5.41) is 0.298. The van der Waals surface area contributed by atoms with Crippen LogP contribution in [-0.4, -0.2) is 11.6 Å². The van der Waals surface area contributed by atoms with Gasteiger partial charge in [-0.1, -0.05) is 11.6 Å². The first-order valence-corrected chi connectivity index (χ1v) is 6.98. The Morgan fingerprint density at radius 1 is 1.45 bits per heavy atom. The molecule has 0 spiro atoms. The molecule has 0 amide bonds. The molecule has 1 aromatic carbocycles. The van der Waals surface area contributed by atoms with Crippen molar-refractivity contribution >= 4 is 23.3 Å². The highest BCUT2D eigenvalue weighted by Gasteiger charge is 2.52. The van der Waals surface area contributed by atoms with E-state index in [0.717, 1.165) is 12.8 Å². The second kappa shape index (κ2) is 4.92.